The molecule has 0 bridgehead atoms. The molecule has 0 saturated carbocycles. The van der Waals surface area contributed by atoms with Gasteiger partial charge in [0.25, 0.3) is 0 Å². The second-order valence-electron chi connectivity index (χ2n) is 2.89. The van der Waals surface area contributed by atoms with Crippen LogP contribution >= 0.6 is 11.5 Å². The van der Waals surface area contributed by atoms with Crippen LogP contribution in [-0.2, 0) is 4.79 Å². The summed E-state index contributed by atoms with van der Waals surface area (Å²) in [5, 5.41) is 15.0. The molecule has 1 aromatic heterocycles. The monoisotopic (exact) mass is 224 g/mol. The molecule has 0 saturated heterocycles. The Bertz CT molecular complexity index is 393. The molecule has 0 unspecified atom stereocenters. The molecule has 0 aliphatic heterocycles. The van der Waals surface area contributed by atoms with Crippen LogP contribution in [0.25, 0.3) is 0 Å². The van der Waals surface area contributed by atoms with E-state index in [1.54, 1.807) is 6.92 Å². The molecule has 0 atom stereocenters. The topological polar surface area (TPSA) is 77.8 Å². The first kappa shape index (κ1) is 11.5. The van der Waals surface area contributed by atoms with Crippen molar-refractivity contribution in [2.45, 2.75) is 13.8 Å². The summed E-state index contributed by atoms with van der Waals surface area (Å²) in [5.41, 5.74) is 1.21. The smallest absolute Gasteiger partial charge is 0.239 e. The summed E-state index contributed by atoms with van der Waals surface area (Å²) in [4.78, 5) is 11.2. The lowest BCUT2D eigenvalue weighted by Crippen LogP contribution is -2.29. The van der Waals surface area contributed by atoms with Gasteiger partial charge in [0.15, 0.2) is 0 Å². The number of nitrogens with zero attached hydrogens (tertiary/aromatic N) is 2. The third kappa shape index (κ3) is 2.92. The van der Waals surface area contributed by atoms with E-state index >= 15 is 0 Å². The Morgan fingerprint density at radius 2 is 2.40 bits per heavy atom. The zero-order valence-corrected chi connectivity index (χ0v) is 9.44. The Morgan fingerprint density at radius 1 is 1.67 bits per heavy atom. The van der Waals surface area contributed by atoms with Crippen molar-refractivity contribution in [1.82, 2.24) is 9.69 Å². The number of nitriles is 1. The fraction of sp³-hybridized carbons (Fsp3) is 0.444. The van der Waals surface area contributed by atoms with Crippen molar-refractivity contribution in [3.8, 4) is 6.07 Å². The molecule has 0 fully saturated rings. The molecular formula is C9H12N4OS. The summed E-state index contributed by atoms with van der Waals surface area (Å²) < 4.78 is 4.04. The maximum Gasteiger partial charge on any atom is 0.239 e. The minimum Gasteiger partial charge on any atom is -0.366 e. The van der Waals surface area contributed by atoms with Crippen LogP contribution in [0.4, 0.5) is 5.00 Å². The molecule has 6 heteroatoms. The fourth-order valence-corrected chi connectivity index (χ4v) is 1.78. The summed E-state index contributed by atoms with van der Waals surface area (Å²) in [7, 11) is 0. The number of hydrogen-bond donors (Lipinski definition) is 2. The van der Waals surface area contributed by atoms with Gasteiger partial charge in [-0.3, -0.25) is 4.79 Å². The van der Waals surface area contributed by atoms with Crippen molar-refractivity contribution in [3.63, 3.8) is 0 Å². The van der Waals surface area contributed by atoms with E-state index in [9.17, 15) is 4.79 Å². The van der Waals surface area contributed by atoms with Crippen molar-refractivity contribution in [2.24, 2.45) is 0 Å². The Morgan fingerprint density at radius 3 is 3.00 bits per heavy atom. The lowest BCUT2D eigenvalue weighted by atomic mass is 10.3. The van der Waals surface area contributed by atoms with E-state index in [0.717, 1.165) is 0 Å². The molecule has 0 radical (unpaired) electrons. The maximum atomic E-state index is 11.2. The van der Waals surface area contributed by atoms with Crippen LogP contribution in [0.15, 0.2) is 0 Å². The summed E-state index contributed by atoms with van der Waals surface area (Å²) in [6.07, 6.45) is 0. The van der Waals surface area contributed by atoms with Gasteiger partial charge < -0.3 is 10.6 Å². The lowest BCUT2D eigenvalue weighted by molar-refractivity contribution is -0.119. The highest BCUT2D eigenvalue weighted by atomic mass is 32.1. The largest absolute Gasteiger partial charge is 0.366 e. The van der Waals surface area contributed by atoms with E-state index in [2.05, 4.69) is 21.1 Å². The average molecular weight is 224 g/mol. The molecule has 0 aliphatic carbocycles. The quantitative estimate of drug-likeness (QED) is 0.795. The Hall–Kier alpha value is -1.61. The fourth-order valence-electron chi connectivity index (χ4n) is 1.04. The van der Waals surface area contributed by atoms with Crippen LogP contribution in [0.5, 0.6) is 0 Å². The third-order valence-corrected chi connectivity index (χ3v) is 2.65. The van der Waals surface area contributed by atoms with Crippen molar-refractivity contribution in [3.05, 3.63) is 11.3 Å². The van der Waals surface area contributed by atoms with Gasteiger partial charge in [0.2, 0.25) is 5.91 Å². The van der Waals surface area contributed by atoms with Gasteiger partial charge in [0, 0.05) is 6.54 Å². The summed E-state index contributed by atoms with van der Waals surface area (Å²) in [6.45, 7) is 4.40. The number of likely N-dealkylation sites (N-methyl/N-ethyl adjacent to an activating group) is 1. The number of rotatable bonds is 4. The van der Waals surface area contributed by atoms with Crippen LogP contribution < -0.4 is 10.6 Å². The highest BCUT2D eigenvalue weighted by molar-refractivity contribution is 7.10. The van der Waals surface area contributed by atoms with Gasteiger partial charge in [0.05, 0.1) is 12.2 Å². The molecule has 0 aliphatic rings. The molecule has 1 heterocycles. The van der Waals surface area contributed by atoms with Crippen LogP contribution in [0.1, 0.15) is 18.2 Å². The number of carbonyl (C=O) groups is 1. The number of aromatic nitrogens is 1. The highest BCUT2D eigenvalue weighted by Crippen LogP contribution is 2.22. The van der Waals surface area contributed by atoms with Gasteiger partial charge in [-0.25, -0.2) is 0 Å². The molecule has 1 aromatic rings. The maximum absolute atomic E-state index is 11.2. The van der Waals surface area contributed by atoms with Crippen LogP contribution in [-0.4, -0.2) is 23.4 Å². The third-order valence-electron chi connectivity index (χ3n) is 1.76. The summed E-state index contributed by atoms with van der Waals surface area (Å²) >= 11 is 1.20. The first-order chi connectivity index (χ1) is 7.19. The van der Waals surface area contributed by atoms with Crippen molar-refractivity contribution in [1.29, 1.82) is 5.26 Å². The van der Waals surface area contributed by atoms with Gasteiger partial charge in [-0.2, -0.15) is 9.64 Å². The standard InChI is InChI=1S/C9H12N4OS/c1-3-11-8(14)5-12-9-7(4-10)6(2)13-15-9/h12H,3,5H2,1-2H3,(H,11,14). The molecular weight excluding hydrogens is 212 g/mol. The first-order valence-corrected chi connectivity index (χ1v) is 5.33. The zero-order chi connectivity index (χ0) is 11.3. The SMILES string of the molecule is CCNC(=O)CNc1snc(C)c1C#N. The predicted octanol–water partition coefficient (Wildman–Crippen LogP) is 0.871. The van der Waals surface area contributed by atoms with Gasteiger partial charge in [-0.05, 0) is 25.4 Å². The Labute approximate surface area is 92.3 Å². The number of hydrogen-bond acceptors (Lipinski definition) is 5. The van der Waals surface area contributed by atoms with E-state index in [1.807, 2.05) is 6.92 Å². The Balaban J connectivity index is 2.58. The van der Waals surface area contributed by atoms with Crippen molar-refractivity contribution < 1.29 is 4.79 Å². The van der Waals surface area contributed by atoms with Crippen molar-refractivity contribution in [2.75, 3.05) is 18.4 Å². The molecule has 0 spiro atoms. The number of carbonyl (C=O) groups excluding carboxylic acids is 1. The van der Waals surface area contributed by atoms with Gasteiger partial charge in [-0.1, -0.05) is 0 Å². The summed E-state index contributed by atoms with van der Waals surface area (Å²) in [5.74, 6) is -0.0903. The van der Waals surface area contributed by atoms with Crippen molar-refractivity contribution >= 4 is 22.4 Å². The second kappa shape index (κ2) is 5.32. The second-order valence-corrected chi connectivity index (χ2v) is 3.66. The zero-order valence-electron chi connectivity index (χ0n) is 8.63. The van der Waals surface area contributed by atoms with Crippen LogP contribution in [0, 0.1) is 18.3 Å². The minimum atomic E-state index is -0.0903. The molecule has 2 N–H and O–H groups in total. The molecule has 1 amide bonds. The number of aryl methyl sites for hydroxylation is 1. The molecule has 80 valence electrons. The molecule has 0 aromatic carbocycles. The molecule has 1 rings (SSSR count). The number of nitrogens with one attached hydrogen (secondary N) is 2. The first-order valence-electron chi connectivity index (χ1n) is 4.56. The van der Waals surface area contributed by atoms with E-state index in [4.69, 9.17) is 5.26 Å². The van der Waals surface area contributed by atoms with Gasteiger partial charge >= 0.3 is 0 Å². The van der Waals surface area contributed by atoms with E-state index in [-0.39, 0.29) is 12.5 Å². The predicted molar refractivity (Wildman–Crippen MR) is 58.7 cm³/mol. The normalized spacial score (nSPS) is 9.40. The van der Waals surface area contributed by atoms with Crippen LogP contribution in [0.2, 0.25) is 0 Å². The van der Waals surface area contributed by atoms with E-state index in [0.29, 0.717) is 22.8 Å². The van der Waals surface area contributed by atoms with Crippen LogP contribution in [0.3, 0.4) is 0 Å². The van der Waals surface area contributed by atoms with Gasteiger partial charge in [-0.15, -0.1) is 0 Å². The molecule has 5 nitrogen and oxygen atoms in total. The van der Waals surface area contributed by atoms with Gasteiger partial charge in [0.1, 0.15) is 16.6 Å². The lowest BCUT2D eigenvalue weighted by Gasteiger charge is -2.03. The number of amides is 1. The minimum absolute atomic E-state index is 0.0903. The van der Waals surface area contributed by atoms with E-state index in [1.165, 1.54) is 11.5 Å². The average Bonchev–Trinajstić information content (AvgIpc) is 2.56. The highest BCUT2D eigenvalue weighted by Gasteiger charge is 2.10. The van der Waals surface area contributed by atoms with E-state index < -0.39 is 0 Å². The number of anilines is 1. The molecule has 15 heavy (non-hydrogen) atoms. The Kier molecular flexibility index (Phi) is 4.06. The summed E-state index contributed by atoms with van der Waals surface area (Å²) in [6, 6.07) is 2.05.